The molecule has 0 radical (unpaired) electrons. The average molecular weight is 194 g/mol. The van der Waals surface area contributed by atoms with E-state index in [0.29, 0.717) is 12.9 Å². The monoisotopic (exact) mass is 194 g/mol. The molecule has 0 unspecified atom stereocenters. The molecule has 0 aliphatic carbocycles. The van der Waals surface area contributed by atoms with Gasteiger partial charge in [-0.15, -0.1) is 0 Å². The van der Waals surface area contributed by atoms with Crippen LogP contribution in [-0.2, 0) is 0 Å². The first-order valence-corrected chi connectivity index (χ1v) is 4.15. The number of carbonyl (C=O) groups excluding carboxylic acids is 1. The fourth-order valence-electron chi connectivity index (χ4n) is 1.12. The summed E-state index contributed by atoms with van der Waals surface area (Å²) in [6.07, 6.45) is 0.581. The molecule has 0 aromatic heterocycles. The largest absolute Gasteiger partial charge is 0.492 e. The first-order valence-electron chi connectivity index (χ1n) is 4.15. The van der Waals surface area contributed by atoms with Gasteiger partial charge in [0.2, 0.25) is 0 Å². The maximum absolute atomic E-state index is 10.8. The third-order valence-corrected chi connectivity index (χ3v) is 1.69. The number of hydrogen-bond acceptors (Lipinski definition) is 3. The summed E-state index contributed by atoms with van der Waals surface area (Å²) in [7, 11) is 0. The number of ether oxygens (including phenoxy) is 1. The number of aromatic carboxylic acids is 1. The number of hydrogen-bond donors (Lipinski definition) is 1. The van der Waals surface area contributed by atoms with Gasteiger partial charge in [-0.25, -0.2) is 4.79 Å². The Labute approximate surface area is 81.1 Å². The van der Waals surface area contributed by atoms with E-state index in [-0.39, 0.29) is 16.9 Å². The van der Waals surface area contributed by atoms with Gasteiger partial charge in [0.25, 0.3) is 0 Å². The predicted octanol–water partition coefficient (Wildman–Crippen LogP) is 1.60. The maximum Gasteiger partial charge on any atom is 0.339 e. The Bertz CT molecular complexity index is 357. The van der Waals surface area contributed by atoms with Crippen molar-refractivity contribution in [3.8, 4) is 5.75 Å². The number of para-hydroxylation sites is 1. The summed E-state index contributed by atoms with van der Waals surface area (Å²) in [6.45, 7) is 2.05. The van der Waals surface area contributed by atoms with Gasteiger partial charge in [0.15, 0.2) is 6.29 Å². The van der Waals surface area contributed by atoms with E-state index in [1.54, 1.807) is 6.92 Å². The van der Waals surface area contributed by atoms with Crippen molar-refractivity contribution in [2.24, 2.45) is 0 Å². The van der Waals surface area contributed by atoms with E-state index in [4.69, 9.17) is 9.84 Å². The number of rotatable bonds is 4. The van der Waals surface area contributed by atoms with Crippen LogP contribution in [-0.4, -0.2) is 24.0 Å². The molecule has 1 aromatic rings. The molecule has 0 aliphatic rings. The predicted molar refractivity (Wildman–Crippen MR) is 50.0 cm³/mol. The van der Waals surface area contributed by atoms with Crippen molar-refractivity contribution in [1.82, 2.24) is 0 Å². The van der Waals surface area contributed by atoms with E-state index in [9.17, 15) is 9.59 Å². The fraction of sp³-hybridized carbons (Fsp3) is 0.200. The molecule has 1 rings (SSSR count). The van der Waals surface area contributed by atoms with Crippen LogP contribution in [0.5, 0.6) is 5.75 Å². The van der Waals surface area contributed by atoms with Crippen LogP contribution in [0.3, 0.4) is 0 Å². The second-order valence-electron chi connectivity index (χ2n) is 2.58. The molecule has 0 fully saturated rings. The highest BCUT2D eigenvalue weighted by atomic mass is 16.5. The van der Waals surface area contributed by atoms with Crippen LogP contribution in [0.15, 0.2) is 18.2 Å². The Balaban J connectivity index is 3.27. The number of carboxylic acids is 1. The summed E-state index contributed by atoms with van der Waals surface area (Å²) >= 11 is 0. The third-order valence-electron chi connectivity index (χ3n) is 1.69. The summed E-state index contributed by atoms with van der Waals surface area (Å²) in [4.78, 5) is 21.4. The second-order valence-corrected chi connectivity index (χ2v) is 2.58. The summed E-state index contributed by atoms with van der Waals surface area (Å²) < 4.78 is 5.11. The lowest BCUT2D eigenvalue weighted by molar-refractivity contribution is 0.0692. The van der Waals surface area contributed by atoms with Crippen LogP contribution in [0.2, 0.25) is 0 Å². The van der Waals surface area contributed by atoms with Gasteiger partial charge < -0.3 is 9.84 Å². The molecule has 0 saturated carbocycles. The van der Waals surface area contributed by atoms with Gasteiger partial charge in [0.1, 0.15) is 11.3 Å². The van der Waals surface area contributed by atoms with Gasteiger partial charge in [-0.1, -0.05) is 6.07 Å². The van der Waals surface area contributed by atoms with Gasteiger partial charge in [-0.3, -0.25) is 4.79 Å². The molecular weight excluding hydrogens is 184 g/mol. The lowest BCUT2D eigenvalue weighted by atomic mass is 10.1. The van der Waals surface area contributed by atoms with Gasteiger partial charge in [-0.05, 0) is 19.1 Å². The van der Waals surface area contributed by atoms with Crippen LogP contribution in [0.1, 0.15) is 27.6 Å². The standard InChI is InChI=1S/C10H10O4/c1-2-14-9-7(6-11)4-3-5-8(9)10(12)13/h3-6H,2H2,1H3,(H,12,13). The molecule has 14 heavy (non-hydrogen) atoms. The normalized spacial score (nSPS) is 9.50. The fourth-order valence-corrected chi connectivity index (χ4v) is 1.12. The molecule has 0 bridgehead atoms. The Kier molecular flexibility index (Phi) is 3.23. The van der Waals surface area contributed by atoms with E-state index in [1.807, 2.05) is 0 Å². The van der Waals surface area contributed by atoms with Crippen molar-refractivity contribution >= 4 is 12.3 Å². The summed E-state index contributed by atoms with van der Waals surface area (Å²) in [6, 6.07) is 4.43. The van der Waals surface area contributed by atoms with Crippen molar-refractivity contribution in [2.75, 3.05) is 6.61 Å². The molecule has 0 spiro atoms. The SMILES string of the molecule is CCOc1c(C=O)cccc1C(=O)O. The van der Waals surface area contributed by atoms with E-state index >= 15 is 0 Å². The van der Waals surface area contributed by atoms with Gasteiger partial charge >= 0.3 is 5.97 Å². The highest BCUT2D eigenvalue weighted by Crippen LogP contribution is 2.22. The molecule has 1 aromatic carbocycles. The molecular formula is C10H10O4. The summed E-state index contributed by atoms with van der Waals surface area (Å²) in [5, 5.41) is 8.82. The smallest absolute Gasteiger partial charge is 0.339 e. The molecule has 1 N–H and O–H groups in total. The van der Waals surface area contributed by atoms with E-state index < -0.39 is 5.97 Å². The number of aldehydes is 1. The lowest BCUT2D eigenvalue weighted by Gasteiger charge is -2.08. The van der Waals surface area contributed by atoms with E-state index in [1.165, 1.54) is 18.2 Å². The van der Waals surface area contributed by atoms with Crippen LogP contribution >= 0.6 is 0 Å². The van der Waals surface area contributed by atoms with Crippen LogP contribution < -0.4 is 4.74 Å². The van der Waals surface area contributed by atoms with Crippen LogP contribution in [0.25, 0.3) is 0 Å². The zero-order chi connectivity index (χ0) is 10.6. The van der Waals surface area contributed by atoms with E-state index in [0.717, 1.165) is 0 Å². The minimum atomic E-state index is -1.10. The minimum absolute atomic E-state index is 0.0106. The van der Waals surface area contributed by atoms with Gasteiger partial charge in [-0.2, -0.15) is 0 Å². The maximum atomic E-state index is 10.8. The van der Waals surface area contributed by atoms with Crippen molar-refractivity contribution in [2.45, 2.75) is 6.92 Å². The van der Waals surface area contributed by atoms with Crippen LogP contribution in [0.4, 0.5) is 0 Å². The average Bonchev–Trinajstić information content (AvgIpc) is 2.18. The topological polar surface area (TPSA) is 63.6 Å². The third kappa shape index (κ3) is 1.90. The molecule has 0 amide bonds. The van der Waals surface area contributed by atoms with Crippen molar-refractivity contribution in [3.05, 3.63) is 29.3 Å². The minimum Gasteiger partial charge on any atom is -0.492 e. The molecule has 74 valence electrons. The van der Waals surface area contributed by atoms with Crippen LogP contribution in [0, 0.1) is 0 Å². The summed E-state index contributed by atoms with van der Waals surface area (Å²) in [5.41, 5.74) is 0.267. The molecule has 0 heterocycles. The quantitative estimate of drug-likeness (QED) is 0.739. The highest BCUT2D eigenvalue weighted by molar-refractivity contribution is 5.95. The molecule has 4 heteroatoms. The summed E-state index contributed by atoms with van der Waals surface area (Å²) in [5.74, 6) is -0.963. The number of carbonyl (C=O) groups is 2. The molecule has 0 atom stereocenters. The molecule has 0 saturated heterocycles. The van der Waals surface area contributed by atoms with Gasteiger partial charge in [0.05, 0.1) is 12.2 Å². The Morgan fingerprint density at radius 2 is 2.29 bits per heavy atom. The Morgan fingerprint density at radius 1 is 1.57 bits per heavy atom. The zero-order valence-electron chi connectivity index (χ0n) is 7.69. The molecule has 4 nitrogen and oxygen atoms in total. The number of benzene rings is 1. The van der Waals surface area contributed by atoms with Crippen molar-refractivity contribution in [3.63, 3.8) is 0 Å². The second kappa shape index (κ2) is 4.41. The highest BCUT2D eigenvalue weighted by Gasteiger charge is 2.14. The zero-order valence-corrected chi connectivity index (χ0v) is 7.69. The number of carboxylic acid groups (broad SMARTS) is 1. The van der Waals surface area contributed by atoms with E-state index in [2.05, 4.69) is 0 Å². The van der Waals surface area contributed by atoms with Crippen molar-refractivity contribution in [1.29, 1.82) is 0 Å². The first-order chi connectivity index (χ1) is 6.70. The van der Waals surface area contributed by atoms with Crippen molar-refractivity contribution < 1.29 is 19.4 Å². The Morgan fingerprint density at radius 3 is 2.79 bits per heavy atom. The first kappa shape index (κ1) is 10.2. The lowest BCUT2D eigenvalue weighted by Crippen LogP contribution is -2.05. The molecule has 0 aliphatic heterocycles. The van der Waals surface area contributed by atoms with Gasteiger partial charge in [0, 0.05) is 0 Å². The Hall–Kier alpha value is -1.84.